The second-order valence-corrected chi connectivity index (χ2v) is 8.54. The quantitative estimate of drug-likeness (QED) is 0.834. The van der Waals surface area contributed by atoms with E-state index < -0.39 is 18.0 Å². The van der Waals surface area contributed by atoms with Gasteiger partial charge in [0, 0.05) is 36.7 Å². The largest absolute Gasteiger partial charge is 0.364 e. The minimum Gasteiger partial charge on any atom is -0.364 e. The molecule has 3 atom stereocenters. The van der Waals surface area contributed by atoms with Crippen LogP contribution < -0.4 is 5.32 Å². The third-order valence-electron chi connectivity index (χ3n) is 6.76. The zero-order chi connectivity index (χ0) is 21.9. The summed E-state index contributed by atoms with van der Waals surface area (Å²) in [6.45, 7) is 2.14. The Labute approximate surface area is 181 Å². The predicted molar refractivity (Wildman–Crippen MR) is 117 cm³/mol. The van der Waals surface area contributed by atoms with Gasteiger partial charge in [0.05, 0.1) is 11.6 Å². The molecule has 1 aliphatic carbocycles. The number of amides is 3. The lowest BCUT2D eigenvalue weighted by molar-refractivity contribution is -0.138. The molecular weight excluding hydrogens is 390 g/mol. The maximum absolute atomic E-state index is 13.5. The number of aryl methyl sites for hydroxylation is 1. The van der Waals surface area contributed by atoms with Crippen molar-refractivity contribution in [1.82, 2.24) is 15.1 Å². The fraction of sp³-hybridized carbons (Fsp3) is 0.320. The van der Waals surface area contributed by atoms with Gasteiger partial charge in [0.25, 0.3) is 0 Å². The van der Waals surface area contributed by atoms with Gasteiger partial charge in [-0.05, 0) is 17.5 Å². The van der Waals surface area contributed by atoms with Crippen LogP contribution in [-0.2, 0) is 11.2 Å². The van der Waals surface area contributed by atoms with E-state index in [1.807, 2.05) is 36.4 Å². The van der Waals surface area contributed by atoms with Crippen molar-refractivity contribution < 1.29 is 14.4 Å². The number of fused-ring (bicyclic) bond motifs is 3. The topological polar surface area (TPSA) is 69.7 Å². The fourth-order valence-electron chi connectivity index (χ4n) is 5.20. The average Bonchev–Trinajstić information content (AvgIpc) is 3.08. The monoisotopic (exact) mass is 415 g/mol. The zero-order valence-corrected chi connectivity index (χ0v) is 17.9. The molecule has 2 heterocycles. The van der Waals surface area contributed by atoms with Gasteiger partial charge in [-0.1, -0.05) is 61.9 Å². The van der Waals surface area contributed by atoms with Crippen molar-refractivity contribution in [3.05, 3.63) is 76.4 Å². The molecule has 158 valence electrons. The number of carbonyl (C=O) groups excluding carboxylic acids is 3. The van der Waals surface area contributed by atoms with E-state index in [9.17, 15) is 14.4 Å². The highest BCUT2D eigenvalue weighted by atomic mass is 16.2. The van der Waals surface area contributed by atoms with Gasteiger partial charge < -0.3 is 10.2 Å². The molecule has 1 N–H and O–H groups in total. The lowest BCUT2D eigenvalue weighted by Crippen LogP contribution is -2.66. The van der Waals surface area contributed by atoms with Crippen LogP contribution in [0.1, 0.15) is 46.3 Å². The Morgan fingerprint density at radius 1 is 0.935 bits per heavy atom. The Bertz CT molecular complexity index is 1130. The molecule has 0 saturated carbocycles. The maximum Gasteiger partial charge on any atom is 0.327 e. The second kappa shape index (κ2) is 7.08. The highest BCUT2D eigenvalue weighted by molar-refractivity contribution is 6.22. The van der Waals surface area contributed by atoms with Crippen molar-refractivity contribution >= 4 is 23.4 Å². The third-order valence-corrected chi connectivity index (χ3v) is 6.76. The van der Waals surface area contributed by atoms with Gasteiger partial charge in [0.15, 0.2) is 5.78 Å². The van der Waals surface area contributed by atoms with Gasteiger partial charge in [-0.3, -0.25) is 14.5 Å². The van der Waals surface area contributed by atoms with E-state index >= 15 is 0 Å². The first kappa shape index (κ1) is 19.5. The van der Waals surface area contributed by atoms with Crippen LogP contribution in [0, 0.1) is 5.92 Å². The first-order valence-electron chi connectivity index (χ1n) is 10.7. The van der Waals surface area contributed by atoms with Gasteiger partial charge in [-0.2, -0.15) is 0 Å². The minimum absolute atomic E-state index is 0.0470. The van der Waals surface area contributed by atoms with Crippen molar-refractivity contribution in [3.63, 3.8) is 0 Å². The molecule has 0 aromatic heterocycles. The molecule has 1 saturated heterocycles. The number of Topliss-reactive ketones (excluding diaryl/α,β-unsaturated/α-hetero) is 1. The lowest BCUT2D eigenvalue weighted by atomic mass is 9.73. The van der Waals surface area contributed by atoms with E-state index in [4.69, 9.17) is 0 Å². The molecule has 6 nitrogen and oxygen atoms in total. The summed E-state index contributed by atoms with van der Waals surface area (Å²) < 4.78 is 0. The van der Waals surface area contributed by atoms with Crippen LogP contribution >= 0.6 is 0 Å². The number of urea groups is 1. The van der Waals surface area contributed by atoms with Gasteiger partial charge in [0.1, 0.15) is 6.17 Å². The van der Waals surface area contributed by atoms with Crippen LogP contribution in [-0.4, -0.2) is 47.8 Å². The molecule has 0 radical (unpaired) electrons. The van der Waals surface area contributed by atoms with Crippen LogP contribution in [0.3, 0.4) is 0 Å². The number of carbonyl (C=O) groups is 3. The van der Waals surface area contributed by atoms with E-state index in [2.05, 4.69) is 24.4 Å². The van der Waals surface area contributed by atoms with E-state index in [-0.39, 0.29) is 17.7 Å². The Morgan fingerprint density at radius 3 is 2.29 bits per heavy atom. The Hall–Kier alpha value is -3.41. The normalized spacial score (nSPS) is 24.7. The molecular formula is C25H25N3O3. The molecule has 31 heavy (non-hydrogen) atoms. The second-order valence-electron chi connectivity index (χ2n) is 8.54. The smallest absolute Gasteiger partial charge is 0.327 e. The number of hydrogen-bond donors (Lipinski definition) is 1. The number of nitrogens with zero attached hydrogens (tertiary/aromatic N) is 2. The summed E-state index contributed by atoms with van der Waals surface area (Å²) in [5, 5.41) is 3.38. The lowest BCUT2D eigenvalue weighted by Gasteiger charge is -2.48. The number of imide groups is 1. The molecule has 6 heteroatoms. The SMILES string of the molecule is CCCc1ccc(C2C3=C(NC4C2C(=O)N(C)C(=O)N4C)c2ccccc2C3=O)cc1. The average molecular weight is 415 g/mol. The van der Waals surface area contributed by atoms with Gasteiger partial charge >= 0.3 is 6.03 Å². The molecule has 3 unspecified atom stereocenters. The van der Waals surface area contributed by atoms with Crippen LogP contribution in [0.2, 0.25) is 0 Å². The molecule has 5 rings (SSSR count). The maximum atomic E-state index is 13.5. The van der Waals surface area contributed by atoms with Crippen molar-refractivity contribution in [1.29, 1.82) is 0 Å². The van der Waals surface area contributed by atoms with Crippen LogP contribution in [0.15, 0.2) is 54.1 Å². The van der Waals surface area contributed by atoms with E-state index in [0.717, 1.165) is 29.7 Å². The predicted octanol–water partition coefficient (Wildman–Crippen LogP) is 3.40. The number of rotatable bonds is 3. The molecule has 3 amide bonds. The van der Waals surface area contributed by atoms with E-state index in [1.54, 1.807) is 11.9 Å². The molecule has 0 spiro atoms. The highest BCUT2D eigenvalue weighted by Gasteiger charge is 2.54. The molecule has 0 bridgehead atoms. The van der Waals surface area contributed by atoms with Crippen molar-refractivity contribution in [2.75, 3.05) is 14.1 Å². The summed E-state index contributed by atoms with van der Waals surface area (Å²) in [5.41, 5.74) is 4.99. The summed E-state index contributed by atoms with van der Waals surface area (Å²) in [5.74, 6) is -1.32. The van der Waals surface area contributed by atoms with E-state index in [0.29, 0.717) is 11.1 Å². The minimum atomic E-state index is -0.582. The summed E-state index contributed by atoms with van der Waals surface area (Å²) in [6, 6.07) is 15.4. The molecule has 3 aliphatic rings. The number of ketones is 1. The summed E-state index contributed by atoms with van der Waals surface area (Å²) in [7, 11) is 3.21. The van der Waals surface area contributed by atoms with Crippen LogP contribution in [0.4, 0.5) is 4.79 Å². The third kappa shape index (κ3) is 2.74. The summed E-state index contributed by atoms with van der Waals surface area (Å²) in [6.07, 6.45) is 1.51. The fourth-order valence-corrected chi connectivity index (χ4v) is 5.20. The first-order valence-corrected chi connectivity index (χ1v) is 10.7. The molecule has 2 aliphatic heterocycles. The Kier molecular flexibility index (Phi) is 4.46. The molecule has 2 aromatic rings. The van der Waals surface area contributed by atoms with Crippen molar-refractivity contribution in [2.24, 2.45) is 5.92 Å². The van der Waals surface area contributed by atoms with Crippen LogP contribution in [0.5, 0.6) is 0 Å². The Balaban J connectivity index is 1.70. The number of hydrogen-bond acceptors (Lipinski definition) is 4. The summed E-state index contributed by atoms with van der Waals surface area (Å²) >= 11 is 0. The Morgan fingerprint density at radius 2 is 1.61 bits per heavy atom. The number of nitrogens with one attached hydrogen (secondary N) is 1. The van der Waals surface area contributed by atoms with Crippen molar-refractivity contribution in [3.8, 4) is 0 Å². The van der Waals surface area contributed by atoms with Crippen LogP contribution in [0.25, 0.3) is 5.70 Å². The number of benzene rings is 2. The zero-order valence-electron chi connectivity index (χ0n) is 17.9. The van der Waals surface area contributed by atoms with Gasteiger partial charge in [-0.25, -0.2) is 4.79 Å². The van der Waals surface area contributed by atoms with Gasteiger partial charge in [0.2, 0.25) is 5.91 Å². The molecule has 2 aromatic carbocycles. The standard InChI is InChI=1S/C25H25N3O3/c1-4-7-14-10-12-15(13-11-14)18-19-21(16-8-5-6-9-17(16)22(19)29)26-23-20(18)24(30)28(3)25(31)27(23)2/h5-6,8-13,18,20,23,26H,4,7H2,1-3H3. The summed E-state index contributed by atoms with van der Waals surface area (Å²) in [4.78, 5) is 42.2. The van der Waals surface area contributed by atoms with Crippen molar-refractivity contribution in [2.45, 2.75) is 31.8 Å². The van der Waals surface area contributed by atoms with Gasteiger partial charge in [-0.15, -0.1) is 0 Å². The first-order chi connectivity index (χ1) is 14.9. The van der Waals surface area contributed by atoms with E-state index in [1.165, 1.54) is 17.5 Å². The number of allylic oxidation sites excluding steroid dienone is 1. The molecule has 1 fully saturated rings. The highest BCUT2D eigenvalue weighted by Crippen LogP contribution is 2.49.